The summed E-state index contributed by atoms with van der Waals surface area (Å²) in [5, 5.41) is 13.2. The number of tetrazole rings is 1. The first-order chi connectivity index (χ1) is 11.8. The van der Waals surface area contributed by atoms with Crippen molar-refractivity contribution in [2.75, 3.05) is 5.32 Å². The predicted octanol–water partition coefficient (Wildman–Crippen LogP) is 3.24. The molecule has 128 valence electrons. The molecule has 0 radical (unpaired) electrons. The lowest BCUT2D eigenvalue weighted by atomic mass is 10.1. The highest BCUT2D eigenvalue weighted by molar-refractivity contribution is 6.04. The van der Waals surface area contributed by atoms with Crippen molar-refractivity contribution in [2.45, 2.75) is 13.1 Å². The zero-order valence-corrected chi connectivity index (χ0v) is 12.9. The Hall–Kier alpha value is -3.23. The molecule has 3 aromatic rings. The van der Waals surface area contributed by atoms with Crippen LogP contribution >= 0.6 is 0 Å². The fourth-order valence-electron chi connectivity index (χ4n) is 2.28. The Morgan fingerprint density at radius 2 is 1.96 bits per heavy atom. The van der Waals surface area contributed by atoms with E-state index in [2.05, 4.69) is 20.8 Å². The molecule has 1 N–H and O–H groups in total. The summed E-state index contributed by atoms with van der Waals surface area (Å²) >= 11 is 0. The van der Waals surface area contributed by atoms with E-state index in [1.807, 2.05) is 0 Å². The molecule has 1 amide bonds. The van der Waals surface area contributed by atoms with Crippen molar-refractivity contribution in [1.82, 2.24) is 20.2 Å². The summed E-state index contributed by atoms with van der Waals surface area (Å²) in [6.45, 7) is 1.37. The molecule has 0 saturated heterocycles. The van der Waals surface area contributed by atoms with Crippen molar-refractivity contribution in [2.24, 2.45) is 0 Å². The van der Waals surface area contributed by atoms with Crippen molar-refractivity contribution in [3.63, 3.8) is 0 Å². The van der Waals surface area contributed by atoms with Crippen LogP contribution in [0, 0.1) is 6.92 Å². The van der Waals surface area contributed by atoms with Gasteiger partial charge in [0, 0.05) is 11.3 Å². The number of benzene rings is 2. The first-order valence-electron chi connectivity index (χ1n) is 7.17. The van der Waals surface area contributed by atoms with Crippen molar-refractivity contribution >= 4 is 11.6 Å². The molecule has 3 rings (SSSR count). The molecule has 0 aliphatic carbocycles. The quantitative estimate of drug-likeness (QED) is 0.789. The number of hydrogen-bond acceptors (Lipinski definition) is 4. The third kappa shape index (κ3) is 3.65. The number of nitrogens with zero attached hydrogens (tertiary/aromatic N) is 4. The molecule has 0 aliphatic heterocycles. The third-order valence-corrected chi connectivity index (χ3v) is 3.52. The molecule has 0 saturated carbocycles. The normalized spacial score (nSPS) is 11.4. The number of aryl methyl sites for hydroxylation is 1. The lowest BCUT2D eigenvalue weighted by Crippen LogP contribution is -2.14. The van der Waals surface area contributed by atoms with Gasteiger partial charge >= 0.3 is 6.18 Å². The van der Waals surface area contributed by atoms with Crippen LogP contribution in [0.25, 0.3) is 5.69 Å². The Morgan fingerprint density at radius 3 is 2.64 bits per heavy atom. The van der Waals surface area contributed by atoms with E-state index in [0.29, 0.717) is 5.69 Å². The van der Waals surface area contributed by atoms with Crippen LogP contribution in [0.3, 0.4) is 0 Å². The fraction of sp³-hybridized carbons (Fsp3) is 0.125. The van der Waals surface area contributed by atoms with Crippen LogP contribution in [-0.2, 0) is 6.18 Å². The molecule has 0 aliphatic rings. The molecule has 0 fully saturated rings. The van der Waals surface area contributed by atoms with Crippen molar-refractivity contribution in [1.29, 1.82) is 0 Å². The van der Waals surface area contributed by atoms with Crippen molar-refractivity contribution in [3.8, 4) is 5.69 Å². The summed E-state index contributed by atoms with van der Waals surface area (Å²) in [6.07, 6.45) is -3.11. The van der Waals surface area contributed by atoms with Gasteiger partial charge in [-0.1, -0.05) is 12.1 Å². The van der Waals surface area contributed by atoms with Crippen LogP contribution in [0.15, 0.2) is 48.8 Å². The highest BCUT2D eigenvalue weighted by Crippen LogP contribution is 2.33. The Bertz CT molecular complexity index is 906. The van der Waals surface area contributed by atoms with E-state index >= 15 is 0 Å². The summed E-state index contributed by atoms with van der Waals surface area (Å²) in [7, 11) is 0. The Morgan fingerprint density at radius 1 is 1.16 bits per heavy atom. The summed E-state index contributed by atoms with van der Waals surface area (Å²) in [5.41, 5.74) is 0.189. The molecule has 0 bridgehead atoms. The molecule has 0 atom stereocenters. The molecule has 0 spiro atoms. The Kier molecular flexibility index (Phi) is 4.22. The topological polar surface area (TPSA) is 72.7 Å². The van der Waals surface area contributed by atoms with E-state index in [0.717, 1.165) is 6.07 Å². The highest BCUT2D eigenvalue weighted by Gasteiger charge is 2.32. The zero-order chi connectivity index (χ0) is 18.0. The summed E-state index contributed by atoms with van der Waals surface area (Å²) in [6, 6.07) is 10.1. The number of halogens is 3. The van der Waals surface area contributed by atoms with Crippen molar-refractivity contribution in [3.05, 3.63) is 65.5 Å². The largest absolute Gasteiger partial charge is 0.416 e. The summed E-state index contributed by atoms with van der Waals surface area (Å²) in [4.78, 5) is 12.3. The van der Waals surface area contributed by atoms with Gasteiger partial charge in [0.05, 0.1) is 11.3 Å². The lowest BCUT2D eigenvalue weighted by molar-refractivity contribution is -0.138. The summed E-state index contributed by atoms with van der Waals surface area (Å²) in [5.74, 6) is -0.535. The molecule has 25 heavy (non-hydrogen) atoms. The van der Waals surface area contributed by atoms with Crippen LogP contribution in [0.2, 0.25) is 0 Å². The third-order valence-electron chi connectivity index (χ3n) is 3.52. The average Bonchev–Trinajstić information content (AvgIpc) is 3.10. The minimum absolute atomic E-state index is 0.0655. The number of carbonyl (C=O) groups excluding carboxylic acids is 1. The molecule has 6 nitrogen and oxygen atoms in total. The first kappa shape index (κ1) is 16.6. The number of nitrogens with one attached hydrogen (secondary N) is 1. The van der Waals surface area contributed by atoms with Gasteiger partial charge in [0.2, 0.25) is 0 Å². The van der Waals surface area contributed by atoms with Gasteiger partial charge in [-0.3, -0.25) is 4.79 Å². The maximum atomic E-state index is 13.0. The molecule has 0 unspecified atom stereocenters. The first-order valence-corrected chi connectivity index (χ1v) is 7.17. The van der Waals surface area contributed by atoms with Gasteiger partial charge in [-0.05, 0) is 53.2 Å². The number of rotatable bonds is 3. The van der Waals surface area contributed by atoms with Gasteiger partial charge in [0.1, 0.15) is 6.33 Å². The molecular formula is C16H12F3N5O. The van der Waals surface area contributed by atoms with E-state index in [1.165, 1.54) is 36.1 Å². The van der Waals surface area contributed by atoms with Crippen LogP contribution in [0.1, 0.15) is 21.5 Å². The molecule has 1 heterocycles. The monoisotopic (exact) mass is 347 g/mol. The minimum atomic E-state index is -4.48. The van der Waals surface area contributed by atoms with Gasteiger partial charge in [0.15, 0.2) is 0 Å². The second kappa shape index (κ2) is 6.34. The van der Waals surface area contributed by atoms with E-state index in [4.69, 9.17) is 0 Å². The molecule has 9 heteroatoms. The van der Waals surface area contributed by atoms with E-state index in [-0.39, 0.29) is 16.8 Å². The Labute approximate surface area is 140 Å². The fourth-order valence-corrected chi connectivity index (χ4v) is 2.28. The number of aromatic nitrogens is 4. The lowest BCUT2D eigenvalue weighted by Gasteiger charge is -2.13. The smallest absolute Gasteiger partial charge is 0.322 e. The van der Waals surface area contributed by atoms with Gasteiger partial charge in [-0.2, -0.15) is 13.2 Å². The number of carbonyl (C=O) groups is 1. The Balaban J connectivity index is 1.85. The van der Waals surface area contributed by atoms with Crippen molar-refractivity contribution < 1.29 is 18.0 Å². The SMILES string of the molecule is Cc1ccc(NC(=O)c2cccc(-n3cnnn3)c2)cc1C(F)(F)F. The van der Waals surface area contributed by atoms with E-state index in [1.54, 1.807) is 18.2 Å². The second-order valence-corrected chi connectivity index (χ2v) is 5.29. The van der Waals surface area contributed by atoms with Crippen LogP contribution in [0.5, 0.6) is 0 Å². The molecule has 1 aromatic heterocycles. The maximum absolute atomic E-state index is 13.0. The van der Waals surface area contributed by atoms with Gasteiger partial charge < -0.3 is 5.32 Å². The highest BCUT2D eigenvalue weighted by atomic mass is 19.4. The van der Waals surface area contributed by atoms with Gasteiger partial charge in [-0.15, -0.1) is 5.10 Å². The van der Waals surface area contributed by atoms with E-state index < -0.39 is 17.6 Å². The second-order valence-electron chi connectivity index (χ2n) is 5.29. The summed E-state index contributed by atoms with van der Waals surface area (Å²) < 4.78 is 40.3. The zero-order valence-electron chi connectivity index (χ0n) is 12.9. The number of hydrogen-bond donors (Lipinski definition) is 1. The number of amides is 1. The molecular weight excluding hydrogens is 335 g/mol. The average molecular weight is 347 g/mol. The maximum Gasteiger partial charge on any atom is 0.416 e. The predicted molar refractivity (Wildman–Crippen MR) is 83.3 cm³/mol. The van der Waals surface area contributed by atoms with Gasteiger partial charge in [-0.25, -0.2) is 4.68 Å². The standard InChI is InChI=1S/C16H12F3N5O/c1-10-5-6-12(8-14(10)16(17,18)19)21-15(25)11-3-2-4-13(7-11)24-9-20-22-23-24/h2-9H,1H3,(H,21,25). The minimum Gasteiger partial charge on any atom is -0.322 e. The van der Waals surface area contributed by atoms with Crippen LogP contribution < -0.4 is 5.32 Å². The molecule has 2 aromatic carbocycles. The van der Waals surface area contributed by atoms with E-state index in [9.17, 15) is 18.0 Å². The number of anilines is 1. The number of alkyl halides is 3. The van der Waals surface area contributed by atoms with Gasteiger partial charge in [0.25, 0.3) is 5.91 Å². The van der Waals surface area contributed by atoms with Crippen LogP contribution in [0.4, 0.5) is 18.9 Å². The van der Waals surface area contributed by atoms with Crippen LogP contribution in [-0.4, -0.2) is 26.1 Å².